The second kappa shape index (κ2) is 5.45. The van der Waals surface area contributed by atoms with Gasteiger partial charge in [-0.15, -0.1) is 0 Å². The van der Waals surface area contributed by atoms with E-state index >= 15 is 0 Å². The Balaban J connectivity index is 2.29. The van der Waals surface area contributed by atoms with Gasteiger partial charge in [0.25, 0.3) is 0 Å². The maximum atomic E-state index is 10.3. The summed E-state index contributed by atoms with van der Waals surface area (Å²) in [6, 6.07) is 7.60. The maximum absolute atomic E-state index is 10.3. The van der Waals surface area contributed by atoms with Gasteiger partial charge in [-0.3, -0.25) is 4.98 Å². The molecule has 0 amide bonds. The van der Waals surface area contributed by atoms with Gasteiger partial charge < -0.3 is 16.2 Å². The van der Waals surface area contributed by atoms with E-state index in [0.717, 1.165) is 35.1 Å². The fourth-order valence-corrected chi connectivity index (χ4v) is 2.10. The molecule has 102 valence electrons. The molecule has 2 aromatic rings. The Hall–Kier alpha value is -1.81. The van der Waals surface area contributed by atoms with Crippen molar-refractivity contribution in [1.82, 2.24) is 4.98 Å². The number of hydrogen-bond acceptors (Lipinski definition) is 4. The van der Waals surface area contributed by atoms with E-state index in [-0.39, 0.29) is 0 Å². The quantitative estimate of drug-likeness (QED) is 0.722. The summed E-state index contributed by atoms with van der Waals surface area (Å²) in [5, 5.41) is 14.5. The van der Waals surface area contributed by atoms with Crippen molar-refractivity contribution in [3.63, 3.8) is 0 Å². The zero-order valence-corrected chi connectivity index (χ0v) is 11.5. The molecule has 0 radical (unpaired) electrons. The number of nitrogens with two attached hydrogens (primary N) is 1. The normalized spacial score (nSPS) is 11.7. The molecule has 0 unspecified atom stereocenters. The minimum Gasteiger partial charge on any atom is -0.398 e. The van der Waals surface area contributed by atoms with Crippen molar-refractivity contribution in [2.24, 2.45) is 0 Å². The topological polar surface area (TPSA) is 71.2 Å². The summed E-state index contributed by atoms with van der Waals surface area (Å²) in [7, 11) is 0. The minimum atomic E-state index is -0.678. The number of hydrogen-bond donors (Lipinski definition) is 3. The number of aromatic nitrogens is 1. The number of aliphatic hydroxyl groups is 1. The highest BCUT2D eigenvalue weighted by molar-refractivity contribution is 5.98. The maximum Gasteiger partial charge on any atom is 0.0953 e. The van der Waals surface area contributed by atoms with Crippen LogP contribution in [0.1, 0.15) is 26.7 Å². The number of nitrogens with zero attached hydrogens (tertiary/aromatic N) is 1. The molecule has 0 spiro atoms. The lowest BCUT2D eigenvalue weighted by Gasteiger charge is -2.26. The molecule has 0 atom stereocenters. The first-order chi connectivity index (χ1) is 9.09. The van der Waals surface area contributed by atoms with Gasteiger partial charge in [0.15, 0.2) is 0 Å². The standard InChI is InChI=1S/C15H21N3O/c1-3-15(19,4-2)10-18-13-8-7-12(16)11-6-5-9-17-14(11)13/h5-9,18-19H,3-4,10,16H2,1-2H3. The number of rotatable bonds is 5. The smallest absolute Gasteiger partial charge is 0.0953 e. The Morgan fingerprint density at radius 2 is 2.00 bits per heavy atom. The van der Waals surface area contributed by atoms with E-state index in [9.17, 15) is 5.11 Å². The fourth-order valence-electron chi connectivity index (χ4n) is 2.10. The van der Waals surface area contributed by atoms with Crippen LogP contribution < -0.4 is 11.1 Å². The van der Waals surface area contributed by atoms with Crippen LogP contribution in [0.2, 0.25) is 0 Å². The summed E-state index contributed by atoms with van der Waals surface area (Å²) < 4.78 is 0. The van der Waals surface area contributed by atoms with E-state index in [4.69, 9.17) is 5.73 Å². The van der Waals surface area contributed by atoms with E-state index in [1.54, 1.807) is 6.20 Å². The number of fused-ring (bicyclic) bond motifs is 1. The second-order valence-electron chi connectivity index (χ2n) is 4.89. The van der Waals surface area contributed by atoms with Gasteiger partial charge in [0, 0.05) is 23.8 Å². The van der Waals surface area contributed by atoms with Gasteiger partial charge in [0.1, 0.15) is 0 Å². The van der Waals surface area contributed by atoms with Crippen molar-refractivity contribution in [2.75, 3.05) is 17.6 Å². The van der Waals surface area contributed by atoms with E-state index in [2.05, 4.69) is 10.3 Å². The summed E-state index contributed by atoms with van der Waals surface area (Å²) in [5.41, 5.74) is 7.73. The van der Waals surface area contributed by atoms with Crippen molar-refractivity contribution in [1.29, 1.82) is 0 Å². The van der Waals surface area contributed by atoms with Gasteiger partial charge in [0.05, 0.1) is 16.8 Å². The van der Waals surface area contributed by atoms with Gasteiger partial charge >= 0.3 is 0 Å². The van der Waals surface area contributed by atoms with Gasteiger partial charge in [0.2, 0.25) is 0 Å². The average molecular weight is 259 g/mol. The number of pyridine rings is 1. The zero-order chi connectivity index (χ0) is 13.9. The van der Waals surface area contributed by atoms with Crippen LogP contribution in [0, 0.1) is 0 Å². The lowest BCUT2D eigenvalue weighted by molar-refractivity contribution is 0.0457. The molecule has 1 aromatic heterocycles. The SMILES string of the molecule is CCC(O)(CC)CNc1ccc(N)c2cccnc12. The molecule has 4 nitrogen and oxygen atoms in total. The number of anilines is 2. The lowest BCUT2D eigenvalue weighted by atomic mass is 9.97. The van der Waals surface area contributed by atoms with Crippen LogP contribution in [-0.2, 0) is 0 Å². The molecule has 19 heavy (non-hydrogen) atoms. The van der Waals surface area contributed by atoms with Crippen molar-refractivity contribution in [3.8, 4) is 0 Å². The Bertz CT molecular complexity index is 564. The van der Waals surface area contributed by atoms with E-state index in [0.29, 0.717) is 6.54 Å². The van der Waals surface area contributed by atoms with Gasteiger partial charge in [-0.2, -0.15) is 0 Å². The van der Waals surface area contributed by atoms with Crippen LogP contribution in [0.25, 0.3) is 10.9 Å². The Labute approximate surface area is 113 Å². The van der Waals surface area contributed by atoms with Crippen LogP contribution in [-0.4, -0.2) is 22.2 Å². The average Bonchev–Trinajstić information content (AvgIpc) is 2.46. The lowest BCUT2D eigenvalue weighted by Crippen LogP contribution is -2.35. The monoisotopic (exact) mass is 259 g/mol. The predicted molar refractivity (Wildman–Crippen MR) is 80.2 cm³/mol. The summed E-state index contributed by atoms with van der Waals surface area (Å²) in [5.74, 6) is 0. The Morgan fingerprint density at radius 1 is 1.26 bits per heavy atom. The predicted octanol–water partition coefficient (Wildman–Crippen LogP) is 2.78. The van der Waals surface area contributed by atoms with Crippen LogP contribution in [0.4, 0.5) is 11.4 Å². The molecule has 0 aliphatic rings. The summed E-state index contributed by atoms with van der Waals surface area (Å²) >= 11 is 0. The van der Waals surface area contributed by atoms with Crippen molar-refractivity contribution in [2.45, 2.75) is 32.3 Å². The molecular weight excluding hydrogens is 238 g/mol. The zero-order valence-electron chi connectivity index (χ0n) is 11.5. The Kier molecular flexibility index (Phi) is 3.90. The molecular formula is C15H21N3O. The second-order valence-corrected chi connectivity index (χ2v) is 4.89. The molecule has 0 saturated carbocycles. The highest BCUT2D eigenvalue weighted by Crippen LogP contribution is 2.27. The van der Waals surface area contributed by atoms with E-state index in [1.165, 1.54) is 0 Å². The number of nitrogens with one attached hydrogen (secondary N) is 1. The van der Waals surface area contributed by atoms with Crippen molar-refractivity contribution < 1.29 is 5.11 Å². The molecule has 1 heterocycles. The number of nitrogen functional groups attached to an aromatic ring is 1. The summed E-state index contributed by atoms with van der Waals surface area (Å²) in [4.78, 5) is 4.37. The molecule has 4 N–H and O–H groups in total. The fraction of sp³-hybridized carbons (Fsp3) is 0.400. The minimum absolute atomic E-state index is 0.510. The van der Waals surface area contributed by atoms with Gasteiger partial charge in [-0.25, -0.2) is 0 Å². The molecule has 0 aliphatic heterocycles. The molecule has 4 heteroatoms. The van der Waals surface area contributed by atoms with Gasteiger partial charge in [-0.1, -0.05) is 13.8 Å². The third kappa shape index (κ3) is 2.79. The molecule has 1 aromatic carbocycles. The van der Waals surface area contributed by atoms with E-state index in [1.807, 2.05) is 38.1 Å². The molecule has 0 aliphatic carbocycles. The number of benzene rings is 1. The van der Waals surface area contributed by atoms with Gasteiger partial charge in [-0.05, 0) is 37.1 Å². The first kappa shape index (κ1) is 13.6. The van der Waals surface area contributed by atoms with E-state index < -0.39 is 5.60 Å². The van der Waals surface area contributed by atoms with Crippen LogP contribution in [0.3, 0.4) is 0 Å². The molecule has 0 bridgehead atoms. The Morgan fingerprint density at radius 3 is 2.68 bits per heavy atom. The van der Waals surface area contributed by atoms with Crippen molar-refractivity contribution >= 4 is 22.3 Å². The molecule has 0 fully saturated rings. The van der Waals surface area contributed by atoms with Crippen LogP contribution >= 0.6 is 0 Å². The summed E-state index contributed by atoms with van der Waals surface area (Å²) in [6.45, 7) is 4.49. The first-order valence-corrected chi connectivity index (χ1v) is 6.69. The largest absolute Gasteiger partial charge is 0.398 e. The summed E-state index contributed by atoms with van der Waals surface area (Å²) in [6.07, 6.45) is 3.19. The molecule has 2 rings (SSSR count). The first-order valence-electron chi connectivity index (χ1n) is 6.69. The third-order valence-corrected chi connectivity index (χ3v) is 3.73. The third-order valence-electron chi connectivity index (χ3n) is 3.73. The molecule has 0 saturated heterocycles. The highest BCUT2D eigenvalue weighted by atomic mass is 16.3. The highest BCUT2D eigenvalue weighted by Gasteiger charge is 2.22. The van der Waals surface area contributed by atoms with Crippen molar-refractivity contribution in [3.05, 3.63) is 30.5 Å². The van der Waals surface area contributed by atoms with Crippen LogP contribution in [0.15, 0.2) is 30.5 Å². The van der Waals surface area contributed by atoms with Crippen LogP contribution in [0.5, 0.6) is 0 Å².